The zero-order valence-electron chi connectivity index (χ0n) is 12.1. The van der Waals surface area contributed by atoms with Crippen LogP contribution in [-0.4, -0.2) is 37.6 Å². The number of esters is 1. The number of ether oxygens (including phenoxy) is 2. The van der Waals surface area contributed by atoms with E-state index in [4.69, 9.17) is 9.47 Å². The van der Waals surface area contributed by atoms with Crippen LogP contribution in [0, 0.1) is 0 Å². The first-order valence-electron chi connectivity index (χ1n) is 6.62. The summed E-state index contributed by atoms with van der Waals surface area (Å²) in [6.07, 6.45) is 1.65. The number of amides is 1. The van der Waals surface area contributed by atoms with Crippen LogP contribution >= 0.6 is 11.3 Å². The fraction of sp³-hybridized carbons (Fsp3) is 0.267. The summed E-state index contributed by atoms with van der Waals surface area (Å²) in [5.74, 6) is -0.511. The van der Waals surface area contributed by atoms with Crippen LogP contribution in [-0.2, 0) is 14.3 Å². The molecule has 0 N–H and O–H groups in total. The maximum Gasteiger partial charge on any atom is 0.320 e. The Bertz CT molecular complexity index is 714. The molecular weight excluding hydrogens is 304 g/mol. The maximum atomic E-state index is 12.2. The van der Waals surface area contributed by atoms with Crippen LogP contribution in [0.25, 0.3) is 0 Å². The third-order valence-corrected chi connectivity index (χ3v) is 4.38. The third kappa shape index (κ3) is 2.43. The van der Waals surface area contributed by atoms with Gasteiger partial charge >= 0.3 is 5.97 Å². The summed E-state index contributed by atoms with van der Waals surface area (Å²) in [4.78, 5) is 29.7. The first kappa shape index (κ1) is 14.5. The highest BCUT2D eigenvalue weighted by molar-refractivity contribution is 7.09. The Morgan fingerprint density at radius 3 is 3.00 bits per heavy atom. The molecular formula is C15H14N2O4S. The van der Waals surface area contributed by atoms with Crippen molar-refractivity contribution in [2.45, 2.75) is 5.92 Å². The van der Waals surface area contributed by atoms with Gasteiger partial charge < -0.3 is 14.4 Å². The van der Waals surface area contributed by atoms with Gasteiger partial charge in [-0.3, -0.25) is 9.59 Å². The molecule has 1 aliphatic rings. The molecule has 0 radical (unpaired) electrons. The van der Waals surface area contributed by atoms with Crippen LogP contribution in [0.5, 0.6) is 5.75 Å². The van der Waals surface area contributed by atoms with Gasteiger partial charge in [-0.2, -0.15) is 0 Å². The van der Waals surface area contributed by atoms with Gasteiger partial charge in [0.05, 0.1) is 12.8 Å². The highest BCUT2D eigenvalue weighted by Gasteiger charge is 2.29. The van der Waals surface area contributed by atoms with Gasteiger partial charge in [-0.05, 0) is 17.7 Å². The van der Waals surface area contributed by atoms with Crippen molar-refractivity contribution in [2.75, 3.05) is 25.7 Å². The summed E-state index contributed by atoms with van der Waals surface area (Å²) in [5.41, 5.74) is 1.35. The van der Waals surface area contributed by atoms with E-state index < -0.39 is 5.92 Å². The van der Waals surface area contributed by atoms with Crippen molar-refractivity contribution >= 4 is 28.9 Å². The number of thiazole rings is 1. The van der Waals surface area contributed by atoms with Gasteiger partial charge in [0, 0.05) is 18.6 Å². The molecule has 7 heteroatoms. The number of methoxy groups -OCH3 is 1. The second-order valence-electron chi connectivity index (χ2n) is 4.80. The van der Waals surface area contributed by atoms with Crippen molar-refractivity contribution in [2.24, 2.45) is 0 Å². The third-order valence-electron chi connectivity index (χ3n) is 3.54. The van der Waals surface area contributed by atoms with E-state index in [0.717, 1.165) is 0 Å². The Balaban J connectivity index is 2.06. The molecule has 2 heterocycles. The second kappa shape index (κ2) is 5.76. The monoisotopic (exact) mass is 318 g/mol. The van der Waals surface area contributed by atoms with Crippen molar-refractivity contribution in [3.8, 4) is 5.75 Å². The largest absolute Gasteiger partial charge is 0.482 e. The molecule has 1 unspecified atom stereocenters. The molecule has 1 aromatic heterocycles. The number of likely N-dealkylation sites (N-methyl/N-ethyl adjacent to an activating group) is 1. The van der Waals surface area contributed by atoms with E-state index >= 15 is 0 Å². The predicted molar refractivity (Wildman–Crippen MR) is 81.3 cm³/mol. The molecule has 1 aliphatic heterocycles. The fourth-order valence-electron chi connectivity index (χ4n) is 2.34. The second-order valence-corrected chi connectivity index (χ2v) is 5.72. The molecule has 2 aromatic rings. The smallest absolute Gasteiger partial charge is 0.320 e. The zero-order valence-corrected chi connectivity index (χ0v) is 12.9. The van der Waals surface area contributed by atoms with Gasteiger partial charge in [0.15, 0.2) is 6.61 Å². The Morgan fingerprint density at radius 2 is 2.32 bits per heavy atom. The van der Waals surface area contributed by atoms with Gasteiger partial charge in [-0.1, -0.05) is 6.07 Å². The molecule has 0 saturated heterocycles. The van der Waals surface area contributed by atoms with Crippen LogP contribution in [0.3, 0.4) is 0 Å². The van der Waals surface area contributed by atoms with Crippen molar-refractivity contribution in [3.63, 3.8) is 0 Å². The van der Waals surface area contributed by atoms with E-state index in [2.05, 4.69) is 4.98 Å². The van der Waals surface area contributed by atoms with Crippen LogP contribution in [0.1, 0.15) is 16.5 Å². The molecule has 0 aliphatic carbocycles. The number of hydrogen-bond donors (Lipinski definition) is 0. The summed E-state index contributed by atoms with van der Waals surface area (Å²) in [7, 11) is 3.03. The molecule has 6 nitrogen and oxygen atoms in total. The first-order valence-corrected chi connectivity index (χ1v) is 7.50. The Labute approximate surface area is 131 Å². The number of rotatable bonds is 3. The molecule has 0 bridgehead atoms. The lowest BCUT2D eigenvalue weighted by Crippen LogP contribution is -2.35. The van der Waals surface area contributed by atoms with Crippen LogP contribution in [0.4, 0.5) is 5.69 Å². The van der Waals surface area contributed by atoms with Crippen molar-refractivity contribution in [3.05, 3.63) is 40.3 Å². The average molecular weight is 318 g/mol. The minimum atomic E-state index is -0.610. The lowest BCUT2D eigenvalue weighted by molar-refractivity contribution is -0.141. The van der Waals surface area contributed by atoms with Gasteiger partial charge in [-0.15, -0.1) is 11.3 Å². The molecule has 1 amide bonds. The number of carbonyl (C=O) groups is 2. The summed E-state index contributed by atoms with van der Waals surface area (Å²) < 4.78 is 10.3. The molecule has 0 spiro atoms. The standard InChI is InChI=1S/C15H14N2O4S/c1-17-10-7-9(3-4-11(10)21-8-12(17)18)13(15(19)20-2)14-16-5-6-22-14/h3-7,13H,8H2,1-2H3. The first-order chi connectivity index (χ1) is 10.6. The Kier molecular flexibility index (Phi) is 3.81. The van der Waals surface area contributed by atoms with Crippen molar-refractivity contribution < 1.29 is 19.1 Å². The van der Waals surface area contributed by atoms with Gasteiger partial charge in [-0.25, -0.2) is 4.98 Å². The highest BCUT2D eigenvalue weighted by atomic mass is 32.1. The Hall–Kier alpha value is -2.41. The number of anilines is 1. The summed E-state index contributed by atoms with van der Waals surface area (Å²) in [6, 6.07) is 5.33. The van der Waals surface area contributed by atoms with E-state index in [1.807, 2.05) is 5.38 Å². The minimum absolute atomic E-state index is 0.0236. The topological polar surface area (TPSA) is 68.7 Å². The summed E-state index contributed by atoms with van der Waals surface area (Å²) in [6.45, 7) is 0.0236. The number of hydrogen-bond acceptors (Lipinski definition) is 6. The molecule has 0 fully saturated rings. The average Bonchev–Trinajstić information content (AvgIpc) is 3.05. The molecule has 114 valence electrons. The molecule has 0 saturated carbocycles. The van der Waals surface area contributed by atoms with E-state index in [-0.39, 0.29) is 18.5 Å². The van der Waals surface area contributed by atoms with Gasteiger partial charge in [0.2, 0.25) is 0 Å². The minimum Gasteiger partial charge on any atom is -0.482 e. The SMILES string of the molecule is COC(=O)C(c1ccc2c(c1)N(C)C(=O)CO2)c1nccs1. The Morgan fingerprint density at radius 1 is 1.50 bits per heavy atom. The lowest BCUT2D eigenvalue weighted by atomic mass is 9.98. The molecule has 1 aromatic carbocycles. The van der Waals surface area contributed by atoms with Crippen molar-refractivity contribution in [1.82, 2.24) is 4.98 Å². The van der Waals surface area contributed by atoms with E-state index in [1.165, 1.54) is 23.3 Å². The summed E-state index contributed by atoms with van der Waals surface area (Å²) >= 11 is 1.38. The quantitative estimate of drug-likeness (QED) is 0.807. The highest BCUT2D eigenvalue weighted by Crippen LogP contribution is 2.36. The van der Waals surface area contributed by atoms with Crippen molar-refractivity contribution in [1.29, 1.82) is 0 Å². The maximum absolute atomic E-state index is 12.2. The normalized spacial score (nSPS) is 15.0. The van der Waals surface area contributed by atoms with E-state index in [0.29, 0.717) is 22.0 Å². The number of benzene rings is 1. The zero-order chi connectivity index (χ0) is 15.7. The van der Waals surface area contributed by atoms with Crippen LogP contribution in [0.15, 0.2) is 29.8 Å². The van der Waals surface area contributed by atoms with Crippen LogP contribution in [0.2, 0.25) is 0 Å². The molecule has 1 atom stereocenters. The number of carbonyl (C=O) groups excluding carboxylic acids is 2. The van der Waals surface area contributed by atoms with E-state index in [1.54, 1.807) is 31.4 Å². The molecule has 22 heavy (non-hydrogen) atoms. The summed E-state index contributed by atoms with van der Waals surface area (Å²) in [5, 5.41) is 2.46. The number of fused-ring (bicyclic) bond motifs is 1. The molecule has 3 rings (SSSR count). The fourth-order valence-corrected chi connectivity index (χ4v) is 3.09. The number of nitrogens with zero attached hydrogens (tertiary/aromatic N) is 2. The van der Waals surface area contributed by atoms with Crippen LogP contribution < -0.4 is 9.64 Å². The predicted octanol–water partition coefficient (Wildman–Crippen LogP) is 1.80. The lowest BCUT2D eigenvalue weighted by Gasteiger charge is -2.27. The van der Waals surface area contributed by atoms with Gasteiger partial charge in [0.25, 0.3) is 5.91 Å². The number of aromatic nitrogens is 1. The van der Waals surface area contributed by atoms with Gasteiger partial charge in [0.1, 0.15) is 16.7 Å². The van der Waals surface area contributed by atoms with E-state index in [9.17, 15) is 9.59 Å².